The number of rotatable bonds is 4. The zero-order valence-electron chi connectivity index (χ0n) is 12.8. The molecular formula is C17H17F3N2O2. The van der Waals surface area contributed by atoms with Gasteiger partial charge in [-0.25, -0.2) is 0 Å². The Kier molecular flexibility index (Phi) is 4.80. The van der Waals surface area contributed by atoms with E-state index >= 15 is 0 Å². The van der Waals surface area contributed by atoms with Crippen LogP contribution >= 0.6 is 0 Å². The summed E-state index contributed by atoms with van der Waals surface area (Å²) in [4.78, 5) is 1.94. The fourth-order valence-electron chi connectivity index (χ4n) is 2.56. The Bertz CT molecular complexity index is 671. The van der Waals surface area contributed by atoms with E-state index in [1.165, 1.54) is 12.1 Å². The molecule has 2 aromatic carbocycles. The minimum Gasteiger partial charge on any atom is -0.451 e. The minimum absolute atomic E-state index is 0.0599. The lowest BCUT2D eigenvalue weighted by Crippen LogP contribution is -2.41. The average molecular weight is 338 g/mol. The highest BCUT2D eigenvalue weighted by atomic mass is 19.4. The first-order chi connectivity index (χ1) is 11.5. The van der Waals surface area contributed by atoms with Crippen molar-refractivity contribution in [3.63, 3.8) is 0 Å². The number of hydrogen-bond donors (Lipinski definition) is 1. The maximum absolute atomic E-state index is 12.7. The Morgan fingerprint density at radius 1 is 1.00 bits per heavy atom. The van der Waals surface area contributed by atoms with E-state index < -0.39 is 6.36 Å². The lowest BCUT2D eigenvalue weighted by atomic mass is 10.2. The second-order valence-corrected chi connectivity index (χ2v) is 5.34. The number of halogens is 3. The van der Waals surface area contributed by atoms with Gasteiger partial charge in [0.1, 0.15) is 5.75 Å². The molecule has 0 amide bonds. The van der Waals surface area contributed by atoms with Crippen molar-refractivity contribution >= 4 is 5.69 Å². The number of anilines is 1. The van der Waals surface area contributed by atoms with E-state index in [2.05, 4.69) is 10.1 Å². The second kappa shape index (κ2) is 7.00. The Morgan fingerprint density at radius 3 is 2.46 bits per heavy atom. The molecule has 7 heteroatoms. The van der Waals surface area contributed by atoms with Crippen LogP contribution in [0.1, 0.15) is 6.42 Å². The molecule has 128 valence electrons. The van der Waals surface area contributed by atoms with E-state index in [1.54, 1.807) is 36.4 Å². The van der Waals surface area contributed by atoms with Gasteiger partial charge in [-0.1, -0.05) is 24.3 Å². The lowest BCUT2D eigenvalue weighted by molar-refractivity contribution is -0.275. The molecular weight excluding hydrogens is 321 g/mol. The molecule has 1 fully saturated rings. The number of ether oxygens (including phenoxy) is 2. The molecule has 3 rings (SSSR count). The molecule has 1 saturated heterocycles. The predicted molar refractivity (Wildman–Crippen MR) is 84.5 cm³/mol. The number of para-hydroxylation sites is 2. The topological polar surface area (TPSA) is 33.7 Å². The van der Waals surface area contributed by atoms with Crippen LogP contribution in [-0.2, 0) is 0 Å². The summed E-state index contributed by atoms with van der Waals surface area (Å²) in [6.45, 7) is 2.15. The number of hydrogen-bond acceptors (Lipinski definition) is 4. The van der Waals surface area contributed by atoms with Gasteiger partial charge < -0.3 is 14.4 Å². The van der Waals surface area contributed by atoms with Crippen molar-refractivity contribution in [3.8, 4) is 17.2 Å². The van der Waals surface area contributed by atoms with Gasteiger partial charge in [0, 0.05) is 6.54 Å². The molecule has 0 spiro atoms. The molecule has 0 saturated carbocycles. The monoisotopic (exact) mass is 338 g/mol. The van der Waals surface area contributed by atoms with Crippen molar-refractivity contribution in [2.45, 2.75) is 12.8 Å². The van der Waals surface area contributed by atoms with Gasteiger partial charge in [-0.3, -0.25) is 5.32 Å². The third-order valence-electron chi connectivity index (χ3n) is 3.57. The van der Waals surface area contributed by atoms with E-state index in [0.29, 0.717) is 18.1 Å². The molecule has 1 aliphatic heterocycles. The number of nitrogens with zero attached hydrogens (tertiary/aromatic N) is 1. The second-order valence-electron chi connectivity index (χ2n) is 5.34. The quantitative estimate of drug-likeness (QED) is 0.909. The largest absolute Gasteiger partial charge is 0.573 e. The molecule has 0 aliphatic carbocycles. The van der Waals surface area contributed by atoms with Crippen molar-refractivity contribution in [2.24, 2.45) is 0 Å². The van der Waals surface area contributed by atoms with E-state index in [1.807, 2.05) is 4.90 Å². The predicted octanol–water partition coefficient (Wildman–Crippen LogP) is 4.13. The van der Waals surface area contributed by atoms with Crippen LogP contribution in [0.3, 0.4) is 0 Å². The lowest BCUT2D eigenvalue weighted by Gasteiger charge is -2.31. The van der Waals surface area contributed by atoms with Gasteiger partial charge in [0.25, 0.3) is 0 Å². The van der Waals surface area contributed by atoms with Gasteiger partial charge >= 0.3 is 6.36 Å². The molecule has 4 nitrogen and oxygen atoms in total. The zero-order valence-corrected chi connectivity index (χ0v) is 12.8. The van der Waals surface area contributed by atoms with Gasteiger partial charge in [0.15, 0.2) is 11.5 Å². The standard InChI is InChI=1S/C17H17F3N2O2/c18-17(19,20)24-15-9-4-8-14(22-11-5-10-21-12-22)16(15)23-13-6-2-1-3-7-13/h1-4,6-9,21H,5,10-12H2. The van der Waals surface area contributed by atoms with Crippen LogP contribution in [0.15, 0.2) is 48.5 Å². The Morgan fingerprint density at radius 2 is 1.79 bits per heavy atom. The first kappa shape index (κ1) is 16.4. The SMILES string of the molecule is FC(F)(F)Oc1cccc(N2CCCNC2)c1Oc1ccccc1. The summed E-state index contributed by atoms with van der Waals surface area (Å²) in [5.41, 5.74) is 0.563. The fourth-order valence-corrected chi connectivity index (χ4v) is 2.56. The van der Waals surface area contributed by atoms with E-state index in [0.717, 1.165) is 19.5 Å². The fraction of sp³-hybridized carbons (Fsp3) is 0.294. The summed E-state index contributed by atoms with van der Waals surface area (Å²) in [5, 5.41) is 3.20. The van der Waals surface area contributed by atoms with Crippen molar-refractivity contribution in [2.75, 3.05) is 24.7 Å². The maximum Gasteiger partial charge on any atom is 0.573 e. The van der Waals surface area contributed by atoms with Crippen LogP contribution in [0.2, 0.25) is 0 Å². The molecule has 0 unspecified atom stereocenters. The first-order valence-corrected chi connectivity index (χ1v) is 7.60. The van der Waals surface area contributed by atoms with Crippen molar-refractivity contribution < 1.29 is 22.6 Å². The van der Waals surface area contributed by atoms with Gasteiger partial charge in [0.2, 0.25) is 0 Å². The molecule has 1 heterocycles. The summed E-state index contributed by atoms with van der Waals surface area (Å²) >= 11 is 0. The van der Waals surface area contributed by atoms with Crippen LogP contribution < -0.4 is 19.7 Å². The van der Waals surface area contributed by atoms with Crippen LogP contribution in [0.5, 0.6) is 17.2 Å². The van der Waals surface area contributed by atoms with Crippen LogP contribution in [0.25, 0.3) is 0 Å². The highest BCUT2D eigenvalue weighted by Gasteiger charge is 2.33. The van der Waals surface area contributed by atoms with E-state index in [9.17, 15) is 13.2 Å². The number of nitrogens with one attached hydrogen (secondary N) is 1. The summed E-state index contributed by atoms with van der Waals surface area (Å²) in [6.07, 6.45) is -3.89. The van der Waals surface area contributed by atoms with E-state index in [4.69, 9.17) is 4.74 Å². The Balaban J connectivity index is 1.99. The molecule has 0 radical (unpaired) electrons. The summed E-state index contributed by atoms with van der Waals surface area (Å²) < 4.78 is 48.1. The normalized spacial score (nSPS) is 15.2. The third kappa shape index (κ3) is 4.11. The van der Waals surface area contributed by atoms with Crippen molar-refractivity contribution in [1.82, 2.24) is 5.32 Å². The van der Waals surface area contributed by atoms with Crippen molar-refractivity contribution in [3.05, 3.63) is 48.5 Å². The van der Waals surface area contributed by atoms with Crippen LogP contribution in [-0.4, -0.2) is 26.1 Å². The highest BCUT2D eigenvalue weighted by molar-refractivity contribution is 5.66. The Hall–Kier alpha value is -2.41. The molecule has 1 aliphatic rings. The zero-order chi connectivity index (χ0) is 17.0. The number of benzene rings is 2. The summed E-state index contributed by atoms with van der Waals surface area (Å²) in [6, 6.07) is 13.2. The van der Waals surface area contributed by atoms with Crippen LogP contribution in [0, 0.1) is 0 Å². The summed E-state index contributed by atoms with van der Waals surface area (Å²) in [7, 11) is 0. The highest BCUT2D eigenvalue weighted by Crippen LogP contribution is 2.42. The smallest absolute Gasteiger partial charge is 0.451 e. The molecule has 1 N–H and O–H groups in total. The molecule has 0 atom stereocenters. The third-order valence-corrected chi connectivity index (χ3v) is 3.57. The van der Waals surface area contributed by atoms with Crippen molar-refractivity contribution in [1.29, 1.82) is 0 Å². The molecule has 0 bridgehead atoms. The van der Waals surface area contributed by atoms with Gasteiger partial charge in [-0.2, -0.15) is 0 Å². The molecule has 24 heavy (non-hydrogen) atoms. The average Bonchev–Trinajstić information content (AvgIpc) is 2.57. The van der Waals surface area contributed by atoms with Gasteiger partial charge in [-0.15, -0.1) is 13.2 Å². The molecule has 0 aromatic heterocycles. The molecule has 2 aromatic rings. The summed E-state index contributed by atoms with van der Waals surface area (Å²) in [5.74, 6) is 0.154. The van der Waals surface area contributed by atoms with E-state index in [-0.39, 0.29) is 11.5 Å². The van der Waals surface area contributed by atoms with Crippen LogP contribution in [0.4, 0.5) is 18.9 Å². The maximum atomic E-state index is 12.7. The first-order valence-electron chi connectivity index (χ1n) is 7.60. The minimum atomic E-state index is -4.78. The number of alkyl halides is 3. The van der Waals surface area contributed by atoms with Gasteiger partial charge in [0.05, 0.1) is 12.4 Å². The van der Waals surface area contributed by atoms with Gasteiger partial charge in [-0.05, 0) is 37.2 Å². The Labute approximate surface area is 137 Å².